The number of nitrogens with one attached hydrogen (secondary N) is 3. The van der Waals surface area contributed by atoms with E-state index in [0.717, 1.165) is 25.8 Å². The van der Waals surface area contributed by atoms with E-state index in [4.69, 9.17) is 5.11 Å². The third-order valence-electron chi connectivity index (χ3n) is 3.46. The number of carboxylic acids is 1. The molecule has 1 amide bonds. The first kappa shape index (κ1) is 14.5. The number of hydrogen-bond donors (Lipinski definition) is 4. The summed E-state index contributed by atoms with van der Waals surface area (Å²) < 4.78 is 0. The summed E-state index contributed by atoms with van der Waals surface area (Å²) in [5.41, 5.74) is 0.688. The molecule has 20 heavy (non-hydrogen) atoms. The Morgan fingerprint density at radius 2 is 2.35 bits per heavy atom. The summed E-state index contributed by atoms with van der Waals surface area (Å²) in [5, 5.41) is 15.0. The van der Waals surface area contributed by atoms with E-state index >= 15 is 0 Å². The van der Waals surface area contributed by atoms with Crippen LogP contribution in [0.15, 0.2) is 12.5 Å². The van der Waals surface area contributed by atoms with Gasteiger partial charge in [0, 0.05) is 30.8 Å². The van der Waals surface area contributed by atoms with Crippen molar-refractivity contribution in [3.8, 4) is 0 Å². The van der Waals surface area contributed by atoms with Gasteiger partial charge in [0.25, 0.3) is 0 Å². The summed E-state index contributed by atoms with van der Waals surface area (Å²) >= 11 is 0. The Bertz CT molecular complexity index is 440. The minimum Gasteiger partial charge on any atom is -0.480 e. The second-order valence-corrected chi connectivity index (χ2v) is 5.09. The number of carbonyl (C=O) groups is 2. The van der Waals surface area contributed by atoms with Crippen molar-refractivity contribution in [1.29, 1.82) is 0 Å². The number of hydrogen-bond acceptors (Lipinski definition) is 4. The molecule has 1 aliphatic rings. The molecule has 1 saturated heterocycles. The zero-order chi connectivity index (χ0) is 14.4. The first-order valence-corrected chi connectivity index (χ1v) is 6.88. The SMILES string of the molecule is O=C(C[C@@H]1CCCCN1)N[C@@H](Cc1cnc[nH]1)C(=O)O. The molecule has 7 heteroatoms. The van der Waals surface area contributed by atoms with Gasteiger partial charge < -0.3 is 20.7 Å². The minimum atomic E-state index is -1.04. The summed E-state index contributed by atoms with van der Waals surface area (Å²) in [7, 11) is 0. The van der Waals surface area contributed by atoms with E-state index in [1.165, 1.54) is 6.33 Å². The highest BCUT2D eigenvalue weighted by Crippen LogP contribution is 2.10. The fourth-order valence-corrected chi connectivity index (χ4v) is 2.39. The van der Waals surface area contributed by atoms with Gasteiger partial charge in [0.1, 0.15) is 6.04 Å². The standard InChI is InChI=1S/C13H20N4O3/c18-12(6-9-3-1-2-4-15-9)17-11(13(19)20)5-10-7-14-8-16-10/h7-9,11,15H,1-6H2,(H,14,16)(H,17,18)(H,19,20)/t9-,11-/m0/s1. The lowest BCUT2D eigenvalue weighted by molar-refractivity contribution is -0.141. The Morgan fingerprint density at radius 3 is 2.95 bits per heavy atom. The molecule has 2 heterocycles. The molecule has 0 spiro atoms. The van der Waals surface area contributed by atoms with Crippen molar-refractivity contribution in [1.82, 2.24) is 20.6 Å². The van der Waals surface area contributed by atoms with Gasteiger partial charge in [0.05, 0.1) is 6.33 Å². The number of imidazole rings is 1. The molecule has 0 radical (unpaired) electrons. The lowest BCUT2D eigenvalue weighted by atomic mass is 10.0. The van der Waals surface area contributed by atoms with E-state index in [1.807, 2.05) is 0 Å². The summed E-state index contributed by atoms with van der Waals surface area (Å²) in [4.78, 5) is 29.8. The highest BCUT2D eigenvalue weighted by Gasteiger charge is 2.23. The predicted octanol–water partition coefficient (Wildman–Crippen LogP) is 0.0538. The van der Waals surface area contributed by atoms with E-state index in [9.17, 15) is 9.59 Å². The van der Waals surface area contributed by atoms with Gasteiger partial charge in [-0.05, 0) is 19.4 Å². The molecule has 110 valence electrons. The van der Waals surface area contributed by atoms with Gasteiger partial charge in [-0.15, -0.1) is 0 Å². The van der Waals surface area contributed by atoms with E-state index in [1.54, 1.807) is 6.20 Å². The Kier molecular flexibility index (Phi) is 5.11. The van der Waals surface area contributed by atoms with Crippen LogP contribution in [0.1, 0.15) is 31.4 Å². The average Bonchev–Trinajstić information content (AvgIpc) is 2.92. The summed E-state index contributed by atoms with van der Waals surface area (Å²) in [6.45, 7) is 0.925. The lowest BCUT2D eigenvalue weighted by Gasteiger charge is -2.23. The number of nitrogens with zero attached hydrogens (tertiary/aromatic N) is 1. The fourth-order valence-electron chi connectivity index (χ4n) is 2.39. The minimum absolute atomic E-state index is 0.158. The molecule has 0 bridgehead atoms. The zero-order valence-corrected chi connectivity index (χ0v) is 11.3. The largest absolute Gasteiger partial charge is 0.480 e. The molecule has 4 N–H and O–H groups in total. The van der Waals surface area contributed by atoms with Crippen LogP contribution in [0, 0.1) is 0 Å². The Hall–Kier alpha value is -1.89. The van der Waals surface area contributed by atoms with Crippen LogP contribution in [0.5, 0.6) is 0 Å². The van der Waals surface area contributed by atoms with Crippen molar-refractivity contribution in [3.63, 3.8) is 0 Å². The summed E-state index contributed by atoms with van der Waals surface area (Å²) in [5.74, 6) is -1.26. The molecule has 1 aromatic heterocycles. The molecular weight excluding hydrogens is 260 g/mol. The second-order valence-electron chi connectivity index (χ2n) is 5.09. The van der Waals surface area contributed by atoms with E-state index in [2.05, 4.69) is 20.6 Å². The van der Waals surface area contributed by atoms with Gasteiger partial charge in [-0.1, -0.05) is 6.42 Å². The fraction of sp³-hybridized carbons (Fsp3) is 0.615. The molecule has 0 saturated carbocycles. The van der Waals surface area contributed by atoms with Crippen molar-refractivity contribution in [2.24, 2.45) is 0 Å². The third kappa shape index (κ3) is 4.34. The maximum atomic E-state index is 11.9. The second kappa shape index (κ2) is 7.04. The van der Waals surface area contributed by atoms with Gasteiger partial charge >= 0.3 is 5.97 Å². The van der Waals surface area contributed by atoms with Crippen LogP contribution in [-0.2, 0) is 16.0 Å². The molecule has 7 nitrogen and oxygen atoms in total. The maximum absolute atomic E-state index is 11.9. The Balaban J connectivity index is 1.83. The average molecular weight is 280 g/mol. The van der Waals surface area contributed by atoms with Crippen LogP contribution >= 0.6 is 0 Å². The van der Waals surface area contributed by atoms with Crippen LogP contribution in [0.4, 0.5) is 0 Å². The topological polar surface area (TPSA) is 107 Å². The molecule has 2 rings (SSSR count). The van der Waals surface area contributed by atoms with Crippen LogP contribution in [0.3, 0.4) is 0 Å². The Labute approximate surface area is 117 Å². The predicted molar refractivity (Wildman–Crippen MR) is 72.1 cm³/mol. The number of amides is 1. The van der Waals surface area contributed by atoms with Crippen molar-refractivity contribution in [2.75, 3.05) is 6.54 Å². The van der Waals surface area contributed by atoms with Crippen molar-refractivity contribution < 1.29 is 14.7 Å². The normalized spacial score (nSPS) is 20.3. The smallest absolute Gasteiger partial charge is 0.326 e. The van der Waals surface area contributed by atoms with Crippen LogP contribution in [0.2, 0.25) is 0 Å². The first-order chi connectivity index (χ1) is 9.65. The molecule has 0 aromatic carbocycles. The van der Waals surface area contributed by atoms with Crippen molar-refractivity contribution >= 4 is 11.9 Å². The third-order valence-corrected chi connectivity index (χ3v) is 3.46. The van der Waals surface area contributed by atoms with Crippen molar-refractivity contribution in [2.45, 2.75) is 44.2 Å². The van der Waals surface area contributed by atoms with Gasteiger partial charge in [-0.25, -0.2) is 9.78 Å². The molecule has 1 aliphatic heterocycles. The number of carbonyl (C=O) groups excluding carboxylic acids is 1. The lowest BCUT2D eigenvalue weighted by Crippen LogP contribution is -2.45. The first-order valence-electron chi connectivity index (χ1n) is 6.88. The molecule has 2 atom stereocenters. The van der Waals surface area contributed by atoms with Crippen LogP contribution in [-0.4, -0.2) is 45.6 Å². The number of aromatic amines is 1. The van der Waals surface area contributed by atoms with Gasteiger partial charge in [0.15, 0.2) is 0 Å². The van der Waals surface area contributed by atoms with Gasteiger partial charge in [-0.2, -0.15) is 0 Å². The maximum Gasteiger partial charge on any atom is 0.326 e. The zero-order valence-electron chi connectivity index (χ0n) is 11.3. The number of piperidine rings is 1. The van der Waals surface area contributed by atoms with Crippen molar-refractivity contribution in [3.05, 3.63) is 18.2 Å². The van der Waals surface area contributed by atoms with E-state index in [-0.39, 0.29) is 18.4 Å². The van der Waals surface area contributed by atoms with Gasteiger partial charge in [0.2, 0.25) is 5.91 Å². The quantitative estimate of drug-likeness (QED) is 0.589. The summed E-state index contributed by atoms with van der Waals surface area (Å²) in [6.07, 6.45) is 6.79. The molecule has 1 fully saturated rings. The number of aromatic nitrogens is 2. The number of aliphatic carboxylic acids is 1. The highest BCUT2D eigenvalue weighted by molar-refractivity contribution is 5.84. The Morgan fingerprint density at radius 1 is 1.50 bits per heavy atom. The monoisotopic (exact) mass is 280 g/mol. The van der Waals surface area contributed by atoms with E-state index in [0.29, 0.717) is 12.1 Å². The summed E-state index contributed by atoms with van der Waals surface area (Å²) in [6, 6.07) is -0.767. The van der Waals surface area contributed by atoms with E-state index < -0.39 is 12.0 Å². The molecular formula is C13H20N4O3. The molecule has 1 aromatic rings. The number of carboxylic acid groups (broad SMARTS) is 1. The molecule has 0 aliphatic carbocycles. The molecule has 0 unspecified atom stereocenters. The number of H-pyrrole nitrogens is 1. The van der Waals surface area contributed by atoms with Crippen LogP contribution in [0.25, 0.3) is 0 Å². The van der Waals surface area contributed by atoms with Crippen LogP contribution < -0.4 is 10.6 Å². The number of rotatable bonds is 6. The highest BCUT2D eigenvalue weighted by atomic mass is 16.4. The van der Waals surface area contributed by atoms with Gasteiger partial charge in [-0.3, -0.25) is 4.79 Å².